The van der Waals surface area contributed by atoms with E-state index in [0.29, 0.717) is 11.8 Å². The van der Waals surface area contributed by atoms with E-state index in [9.17, 15) is 5.11 Å². The SMILES string of the molecule is CCc1cc(/C2=C/C(C)/C=C\C=C/CS2)cc(/C=C(\C)C(CC)CCO)c1N. The molecule has 2 rings (SSSR count). The molecule has 2 nitrogen and oxygen atoms in total. The zero-order chi connectivity index (χ0) is 20.5. The Labute approximate surface area is 175 Å². The Bertz CT molecular complexity index is 773. The van der Waals surface area contributed by atoms with Gasteiger partial charge in [-0.1, -0.05) is 62.8 Å². The number of aliphatic hydroxyl groups is 1. The molecule has 0 radical (unpaired) electrons. The van der Waals surface area contributed by atoms with Crippen LogP contribution in [0.15, 0.2) is 48.1 Å². The number of nitrogen functional groups attached to an aromatic ring is 1. The van der Waals surface area contributed by atoms with E-state index >= 15 is 0 Å². The van der Waals surface area contributed by atoms with Crippen LogP contribution in [-0.2, 0) is 6.42 Å². The highest BCUT2D eigenvalue weighted by atomic mass is 32.2. The van der Waals surface area contributed by atoms with Crippen molar-refractivity contribution in [2.24, 2.45) is 11.8 Å². The molecule has 0 bridgehead atoms. The fourth-order valence-corrected chi connectivity index (χ4v) is 4.58. The first-order valence-corrected chi connectivity index (χ1v) is 11.4. The number of nitrogens with two attached hydrogens (primary N) is 1. The first-order valence-electron chi connectivity index (χ1n) is 10.4. The Kier molecular flexibility index (Phi) is 9.14. The van der Waals surface area contributed by atoms with Gasteiger partial charge in [-0.05, 0) is 66.8 Å². The van der Waals surface area contributed by atoms with E-state index in [1.807, 2.05) is 11.8 Å². The summed E-state index contributed by atoms with van der Waals surface area (Å²) in [5, 5.41) is 9.36. The van der Waals surface area contributed by atoms with E-state index in [2.05, 4.69) is 76.3 Å². The van der Waals surface area contributed by atoms with Crippen molar-refractivity contribution < 1.29 is 5.11 Å². The molecule has 2 unspecified atom stereocenters. The topological polar surface area (TPSA) is 46.2 Å². The summed E-state index contributed by atoms with van der Waals surface area (Å²) >= 11 is 1.88. The number of aliphatic hydroxyl groups excluding tert-OH is 1. The van der Waals surface area contributed by atoms with Crippen molar-refractivity contribution in [3.63, 3.8) is 0 Å². The highest BCUT2D eigenvalue weighted by Gasteiger charge is 2.13. The standard InChI is InChI=1S/C25H35NOS/c1-5-20(11-12-27)19(4)15-23-17-22(16-21(6-2)25(23)26)24-14-18(3)10-8-7-9-13-28-24/h7-10,14-18,20,27H,5-6,11-13,26H2,1-4H3/b9-7-,10-8-,19-15+,24-14-. The number of benzene rings is 1. The van der Waals surface area contributed by atoms with Crippen LogP contribution in [0, 0.1) is 11.8 Å². The monoisotopic (exact) mass is 397 g/mol. The van der Waals surface area contributed by atoms with Gasteiger partial charge in [-0.2, -0.15) is 0 Å². The molecule has 3 N–H and O–H groups in total. The summed E-state index contributed by atoms with van der Waals surface area (Å²) in [6.07, 6.45) is 16.0. The maximum atomic E-state index is 9.36. The van der Waals surface area contributed by atoms with Gasteiger partial charge in [0.2, 0.25) is 0 Å². The van der Waals surface area contributed by atoms with Crippen LogP contribution < -0.4 is 5.73 Å². The molecule has 1 heterocycles. The zero-order valence-corrected chi connectivity index (χ0v) is 18.6. The van der Waals surface area contributed by atoms with Gasteiger partial charge < -0.3 is 10.8 Å². The highest BCUT2D eigenvalue weighted by Crippen LogP contribution is 2.35. The molecule has 152 valence electrons. The maximum Gasteiger partial charge on any atom is 0.0436 e. The fraction of sp³-hybridized carbons (Fsp3) is 0.440. The van der Waals surface area contributed by atoms with Crippen molar-refractivity contribution in [1.29, 1.82) is 0 Å². The van der Waals surface area contributed by atoms with Crippen molar-refractivity contribution >= 4 is 28.4 Å². The summed E-state index contributed by atoms with van der Waals surface area (Å²) in [5.74, 6) is 1.75. The molecule has 2 atom stereocenters. The average molecular weight is 398 g/mol. The van der Waals surface area contributed by atoms with E-state index in [0.717, 1.165) is 36.3 Å². The Morgan fingerprint density at radius 2 is 2.11 bits per heavy atom. The third-order valence-electron chi connectivity index (χ3n) is 5.37. The van der Waals surface area contributed by atoms with Gasteiger partial charge in [0.1, 0.15) is 0 Å². The Morgan fingerprint density at radius 1 is 1.32 bits per heavy atom. The van der Waals surface area contributed by atoms with Crippen LogP contribution in [0.25, 0.3) is 11.0 Å². The Hall–Kier alpha value is -1.71. The molecule has 1 aromatic rings. The summed E-state index contributed by atoms with van der Waals surface area (Å²) in [6, 6.07) is 4.49. The largest absolute Gasteiger partial charge is 0.398 e. The molecule has 0 saturated heterocycles. The molecule has 0 spiro atoms. The van der Waals surface area contributed by atoms with Gasteiger partial charge in [0.25, 0.3) is 0 Å². The second-order valence-electron chi connectivity index (χ2n) is 7.51. The molecular weight excluding hydrogens is 362 g/mol. The molecule has 0 aromatic heterocycles. The second kappa shape index (κ2) is 11.3. The molecule has 3 heteroatoms. The first kappa shape index (κ1) is 22.6. The van der Waals surface area contributed by atoms with Crippen LogP contribution in [0.3, 0.4) is 0 Å². The number of thioether (sulfide) groups is 1. The predicted octanol–water partition coefficient (Wildman–Crippen LogP) is 6.48. The van der Waals surface area contributed by atoms with Gasteiger partial charge in [-0.15, -0.1) is 11.8 Å². The van der Waals surface area contributed by atoms with Gasteiger partial charge in [0.15, 0.2) is 0 Å². The zero-order valence-electron chi connectivity index (χ0n) is 17.7. The van der Waals surface area contributed by atoms with E-state index in [1.165, 1.54) is 21.6 Å². The number of aryl methyl sites for hydroxylation is 1. The lowest BCUT2D eigenvalue weighted by Gasteiger charge is -2.17. The minimum Gasteiger partial charge on any atom is -0.398 e. The van der Waals surface area contributed by atoms with Crippen LogP contribution in [0.1, 0.15) is 57.2 Å². The average Bonchev–Trinajstić information content (AvgIpc) is 2.79. The minimum atomic E-state index is 0.224. The molecule has 0 aliphatic carbocycles. The molecule has 1 aliphatic heterocycles. The van der Waals surface area contributed by atoms with Gasteiger partial charge in [-0.3, -0.25) is 0 Å². The molecule has 0 fully saturated rings. The number of hydrogen-bond donors (Lipinski definition) is 2. The summed E-state index contributed by atoms with van der Waals surface area (Å²) in [6.45, 7) is 8.94. The highest BCUT2D eigenvalue weighted by molar-refractivity contribution is 8.08. The van der Waals surface area contributed by atoms with Crippen molar-refractivity contribution in [2.75, 3.05) is 18.1 Å². The third-order valence-corrected chi connectivity index (χ3v) is 6.41. The van der Waals surface area contributed by atoms with Crippen molar-refractivity contribution in [2.45, 2.75) is 47.0 Å². The van der Waals surface area contributed by atoms with Crippen LogP contribution in [0.2, 0.25) is 0 Å². The summed E-state index contributed by atoms with van der Waals surface area (Å²) in [5.41, 5.74) is 12.2. The van der Waals surface area contributed by atoms with Crippen molar-refractivity contribution in [3.8, 4) is 0 Å². The predicted molar refractivity (Wildman–Crippen MR) is 127 cm³/mol. The number of rotatable bonds is 7. The van der Waals surface area contributed by atoms with Gasteiger partial charge in [0, 0.05) is 23.0 Å². The van der Waals surface area contributed by atoms with Gasteiger partial charge in [0.05, 0.1) is 0 Å². The third kappa shape index (κ3) is 6.15. The van der Waals surface area contributed by atoms with Crippen LogP contribution in [0.5, 0.6) is 0 Å². The van der Waals surface area contributed by atoms with E-state index in [1.54, 1.807) is 0 Å². The fourth-order valence-electron chi connectivity index (χ4n) is 3.60. The van der Waals surface area contributed by atoms with E-state index < -0.39 is 0 Å². The van der Waals surface area contributed by atoms with Gasteiger partial charge in [-0.25, -0.2) is 0 Å². The molecular formula is C25H35NOS. The molecule has 1 aliphatic rings. The van der Waals surface area contributed by atoms with Crippen LogP contribution in [0.4, 0.5) is 5.69 Å². The summed E-state index contributed by atoms with van der Waals surface area (Å²) in [7, 11) is 0. The molecule has 0 amide bonds. The summed E-state index contributed by atoms with van der Waals surface area (Å²) < 4.78 is 0. The lowest BCUT2D eigenvalue weighted by molar-refractivity contribution is 0.265. The first-order chi connectivity index (χ1) is 13.5. The smallest absolute Gasteiger partial charge is 0.0436 e. The number of allylic oxidation sites excluding steroid dienone is 5. The van der Waals surface area contributed by atoms with Crippen LogP contribution >= 0.6 is 11.8 Å². The van der Waals surface area contributed by atoms with Crippen LogP contribution in [-0.4, -0.2) is 17.5 Å². The number of hydrogen-bond acceptors (Lipinski definition) is 3. The van der Waals surface area contributed by atoms with E-state index in [4.69, 9.17) is 5.73 Å². The second-order valence-corrected chi connectivity index (χ2v) is 8.57. The van der Waals surface area contributed by atoms with E-state index in [-0.39, 0.29) is 6.61 Å². The normalized spacial score (nSPS) is 23.1. The lowest BCUT2D eigenvalue weighted by atomic mass is 9.91. The van der Waals surface area contributed by atoms with Crippen molar-refractivity contribution in [1.82, 2.24) is 0 Å². The maximum absolute atomic E-state index is 9.36. The number of anilines is 1. The molecule has 1 aromatic carbocycles. The quantitative estimate of drug-likeness (QED) is 0.518. The lowest BCUT2D eigenvalue weighted by Crippen LogP contribution is -2.04. The minimum absolute atomic E-state index is 0.224. The summed E-state index contributed by atoms with van der Waals surface area (Å²) in [4.78, 5) is 1.31. The van der Waals surface area contributed by atoms with Gasteiger partial charge >= 0.3 is 0 Å². The Morgan fingerprint density at radius 3 is 2.79 bits per heavy atom. The Balaban J connectivity index is 2.50. The molecule has 28 heavy (non-hydrogen) atoms. The molecule has 0 saturated carbocycles. The van der Waals surface area contributed by atoms with Crippen molar-refractivity contribution in [3.05, 3.63) is 64.8 Å².